The molecule has 3 heteroatoms. The number of ether oxygens (including phenoxy) is 1. The molecule has 0 radical (unpaired) electrons. The van der Waals surface area contributed by atoms with Crippen LogP contribution in [0.4, 0.5) is 0 Å². The summed E-state index contributed by atoms with van der Waals surface area (Å²) in [4.78, 5) is 12.6. The number of carbonyl (C=O) groups is 1. The molecule has 19 heavy (non-hydrogen) atoms. The highest BCUT2D eigenvalue weighted by molar-refractivity contribution is 6.13. The first kappa shape index (κ1) is 11.7. The summed E-state index contributed by atoms with van der Waals surface area (Å²) in [6, 6.07) is 9.35. The van der Waals surface area contributed by atoms with Crippen LogP contribution in [0.3, 0.4) is 0 Å². The molecule has 3 rings (SSSR count). The molecule has 1 aliphatic carbocycles. The smallest absolute Gasteiger partial charge is 0.196 e. The number of hydrogen-bond donors (Lipinski definition) is 0. The summed E-state index contributed by atoms with van der Waals surface area (Å²) < 4.78 is 6.06. The number of benzene rings is 1. The first-order chi connectivity index (χ1) is 9.06. The van der Waals surface area contributed by atoms with Crippen LogP contribution in [-0.2, 0) is 0 Å². The van der Waals surface area contributed by atoms with Crippen LogP contribution in [0.2, 0.25) is 0 Å². The van der Waals surface area contributed by atoms with Crippen LogP contribution >= 0.6 is 0 Å². The summed E-state index contributed by atoms with van der Waals surface area (Å²) in [5, 5.41) is 9.05. The number of rotatable bonds is 0. The zero-order valence-electron chi connectivity index (χ0n) is 10.8. The molecule has 1 aromatic rings. The Kier molecular flexibility index (Phi) is 2.36. The minimum atomic E-state index is -0.689. The van der Waals surface area contributed by atoms with Gasteiger partial charge in [0.2, 0.25) is 0 Å². The fourth-order valence-electron chi connectivity index (χ4n) is 2.65. The Morgan fingerprint density at radius 1 is 1.37 bits per heavy atom. The van der Waals surface area contributed by atoms with Crippen LogP contribution in [0.1, 0.15) is 24.2 Å². The highest BCUT2D eigenvalue weighted by atomic mass is 16.5. The molecular weight excluding hydrogens is 238 g/mol. The Morgan fingerprint density at radius 2 is 2.11 bits per heavy atom. The zero-order valence-corrected chi connectivity index (χ0v) is 10.8. The van der Waals surface area contributed by atoms with E-state index in [-0.39, 0.29) is 11.7 Å². The van der Waals surface area contributed by atoms with Crippen LogP contribution in [0.5, 0.6) is 5.75 Å². The molecule has 1 aromatic carbocycles. The van der Waals surface area contributed by atoms with Gasteiger partial charge in [0, 0.05) is 17.1 Å². The normalized spacial score (nSPS) is 28.3. The third-order valence-corrected chi connectivity index (χ3v) is 3.96. The van der Waals surface area contributed by atoms with Crippen LogP contribution in [0.25, 0.3) is 0 Å². The fraction of sp³-hybridized carbons (Fsp3) is 0.250. The maximum Gasteiger partial charge on any atom is 0.196 e. The van der Waals surface area contributed by atoms with Crippen molar-refractivity contribution in [3.8, 4) is 11.8 Å². The van der Waals surface area contributed by atoms with Crippen molar-refractivity contribution < 1.29 is 9.53 Å². The Labute approximate surface area is 111 Å². The molecule has 0 amide bonds. The minimum Gasteiger partial charge on any atom is -0.481 e. The van der Waals surface area contributed by atoms with Crippen LogP contribution < -0.4 is 4.74 Å². The van der Waals surface area contributed by atoms with Gasteiger partial charge >= 0.3 is 0 Å². The van der Waals surface area contributed by atoms with E-state index in [9.17, 15) is 4.79 Å². The maximum atomic E-state index is 12.6. The van der Waals surface area contributed by atoms with Crippen molar-refractivity contribution >= 4 is 5.78 Å². The number of Topliss-reactive ketones (excluding diaryl/α,β-unsaturated/α-hetero) is 1. The SMILES string of the molecule is CC1C=C(C#N)C=C2C(=O)c3ccccc3OC21C. The van der Waals surface area contributed by atoms with Crippen molar-refractivity contribution in [3.05, 3.63) is 53.1 Å². The predicted molar refractivity (Wildman–Crippen MR) is 70.7 cm³/mol. The zero-order chi connectivity index (χ0) is 13.6. The van der Waals surface area contributed by atoms with Gasteiger partial charge in [0.15, 0.2) is 5.78 Å². The molecular formula is C16H13NO2. The Morgan fingerprint density at radius 3 is 2.84 bits per heavy atom. The molecule has 94 valence electrons. The lowest BCUT2D eigenvalue weighted by Gasteiger charge is -2.42. The third-order valence-electron chi connectivity index (χ3n) is 3.96. The summed E-state index contributed by atoms with van der Waals surface area (Å²) in [6.07, 6.45) is 3.50. The average molecular weight is 251 g/mol. The van der Waals surface area contributed by atoms with E-state index in [1.54, 1.807) is 12.1 Å². The van der Waals surface area contributed by atoms with Crippen LogP contribution in [0, 0.1) is 17.2 Å². The Balaban J connectivity index is 2.21. The van der Waals surface area contributed by atoms with Crippen molar-refractivity contribution in [2.75, 3.05) is 0 Å². The Hall–Kier alpha value is -2.34. The number of nitrogens with zero attached hydrogens (tertiary/aromatic N) is 1. The van der Waals surface area contributed by atoms with E-state index in [0.717, 1.165) is 0 Å². The van der Waals surface area contributed by atoms with Gasteiger partial charge in [-0.3, -0.25) is 4.79 Å². The van der Waals surface area contributed by atoms with Gasteiger partial charge in [0.05, 0.1) is 11.6 Å². The van der Waals surface area contributed by atoms with E-state index in [1.165, 1.54) is 0 Å². The van der Waals surface area contributed by atoms with Crippen molar-refractivity contribution in [1.29, 1.82) is 5.26 Å². The first-order valence-corrected chi connectivity index (χ1v) is 6.23. The second kappa shape index (κ2) is 3.83. The Bertz CT molecular complexity index is 678. The van der Waals surface area contributed by atoms with Crippen molar-refractivity contribution in [2.24, 2.45) is 5.92 Å². The summed E-state index contributed by atoms with van der Waals surface area (Å²) in [5.74, 6) is 0.546. The van der Waals surface area contributed by atoms with Gasteiger partial charge in [0.25, 0.3) is 0 Å². The second-order valence-electron chi connectivity index (χ2n) is 5.11. The first-order valence-electron chi connectivity index (χ1n) is 6.23. The fourth-order valence-corrected chi connectivity index (χ4v) is 2.65. The molecule has 0 N–H and O–H groups in total. The molecule has 0 spiro atoms. The monoisotopic (exact) mass is 251 g/mol. The highest BCUT2D eigenvalue weighted by Gasteiger charge is 2.46. The molecule has 2 unspecified atom stereocenters. The van der Waals surface area contributed by atoms with E-state index >= 15 is 0 Å². The van der Waals surface area contributed by atoms with Gasteiger partial charge in [-0.15, -0.1) is 0 Å². The van der Waals surface area contributed by atoms with Gasteiger partial charge in [-0.1, -0.05) is 25.1 Å². The molecule has 0 fully saturated rings. The number of para-hydroxylation sites is 1. The van der Waals surface area contributed by atoms with Gasteiger partial charge in [-0.25, -0.2) is 0 Å². The molecule has 0 saturated heterocycles. The number of fused-ring (bicyclic) bond motifs is 2. The highest BCUT2D eigenvalue weighted by Crippen LogP contribution is 2.43. The quantitative estimate of drug-likeness (QED) is 0.712. The number of nitriles is 1. The van der Waals surface area contributed by atoms with Gasteiger partial charge < -0.3 is 4.74 Å². The lowest BCUT2D eigenvalue weighted by atomic mass is 9.73. The molecule has 0 bridgehead atoms. The predicted octanol–water partition coefficient (Wildman–Crippen LogP) is 3.05. The van der Waals surface area contributed by atoms with Crippen LogP contribution in [-0.4, -0.2) is 11.4 Å². The lowest BCUT2D eigenvalue weighted by Crippen LogP contribution is -2.47. The van der Waals surface area contributed by atoms with Crippen LogP contribution in [0.15, 0.2) is 47.6 Å². The van der Waals surface area contributed by atoms with E-state index in [1.807, 2.05) is 38.1 Å². The van der Waals surface area contributed by atoms with Gasteiger partial charge in [0.1, 0.15) is 11.4 Å². The van der Waals surface area contributed by atoms with Gasteiger partial charge in [-0.2, -0.15) is 5.26 Å². The largest absolute Gasteiger partial charge is 0.481 e. The minimum absolute atomic E-state index is 0.0283. The number of carbonyl (C=O) groups excluding carboxylic acids is 1. The van der Waals surface area contributed by atoms with Crippen molar-refractivity contribution in [2.45, 2.75) is 19.4 Å². The summed E-state index contributed by atoms with van der Waals surface area (Å²) in [7, 11) is 0. The topological polar surface area (TPSA) is 50.1 Å². The van der Waals surface area contributed by atoms with Gasteiger partial charge in [-0.05, 0) is 25.1 Å². The van der Waals surface area contributed by atoms with Crippen molar-refractivity contribution in [3.63, 3.8) is 0 Å². The number of allylic oxidation sites excluding steroid dienone is 2. The van der Waals surface area contributed by atoms with E-state index in [0.29, 0.717) is 22.5 Å². The second-order valence-corrected chi connectivity index (χ2v) is 5.11. The summed E-state index contributed by atoms with van der Waals surface area (Å²) >= 11 is 0. The molecule has 0 aromatic heterocycles. The number of ketones is 1. The molecule has 1 aliphatic heterocycles. The van der Waals surface area contributed by atoms with E-state index < -0.39 is 5.60 Å². The lowest BCUT2D eigenvalue weighted by molar-refractivity contribution is 0.0625. The third kappa shape index (κ3) is 1.53. The number of hydrogen-bond acceptors (Lipinski definition) is 3. The average Bonchev–Trinajstić information content (AvgIpc) is 2.41. The van der Waals surface area contributed by atoms with Crippen molar-refractivity contribution in [1.82, 2.24) is 0 Å². The molecule has 3 nitrogen and oxygen atoms in total. The molecule has 0 saturated carbocycles. The maximum absolute atomic E-state index is 12.6. The standard InChI is InChI=1S/C16H13NO2/c1-10-7-11(9-17)8-13-15(18)12-5-3-4-6-14(12)19-16(10,13)2/h3-8,10H,1-2H3. The summed E-state index contributed by atoms with van der Waals surface area (Å²) in [6.45, 7) is 3.87. The van der Waals surface area contributed by atoms with E-state index in [2.05, 4.69) is 6.07 Å². The molecule has 2 atom stereocenters. The molecule has 2 aliphatic rings. The summed E-state index contributed by atoms with van der Waals surface area (Å²) in [5.41, 5.74) is 0.970. The van der Waals surface area contributed by atoms with E-state index in [4.69, 9.17) is 10.00 Å². The molecule has 1 heterocycles.